The van der Waals surface area contributed by atoms with E-state index in [1.54, 1.807) is 7.11 Å². The Kier molecular flexibility index (Phi) is 2.92. The maximum absolute atomic E-state index is 5.27. The van der Waals surface area contributed by atoms with Crippen LogP contribution in [0.3, 0.4) is 0 Å². The first-order valence-corrected chi connectivity index (χ1v) is 6.28. The number of H-pyrrole nitrogens is 1. The van der Waals surface area contributed by atoms with Crippen LogP contribution in [-0.4, -0.2) is 31.0 Å². The Morgan fingerprint density at radius 1 is 1.33 bits per heavy atom. The zero-order valence-corrected chi connectivity index (χ0v) is 10.5. The highest BCUT2D eigenvalue weighted by molar-refractivity contribution is 5.87. The maximum atomic E-state index is 5.27. The van der Waals surface area contributed by atoms with Crippen molar-refractivity contribution in [3.05, 3.63) is 30.0 Å². The number of rotatable bonds is 4. The summed E-state index contributed by atoms with van der Waals surface area (Å²) in [6.07, 6.45) is 4.06. The van der Waals surface area contributed by atoms with Crippen LogP contribution in [0.15, 0.2) is 29.4 Å². The van der Waals surface area contributed by atoms with Gasteiger partial charge in [-0.3, -0.25) is 4.99 Å². The maximum Gasteiger partial charge on any atom is 0.119 e. The molecule has 4 nitrogen and oxygen atoms in total. The van der Waals surface area contributed by atoms with Crippen molar-refractivity contribution in [1.29, 1.82) is 0 Å². The summed E-state index contributed by atoms with van der Waals surface area (Å²) in [6.45, 7) is 1.90. The van der Waals surface area contributed by atoms with E-state index in [0.717, 1.165) is 43.0 Å². The molecule has 0 amide bonds. The number of nitrogens with zero attached hydrogens (tertiary/aromatic N) is 1. The summed E-state index contributed by atoms with van der Waals surface area (Å²) in [5, 5.41) is 4.55. The van der Waals surface area contributed by atoms with Crippen molar-refractivity contribution in [2.75, 3.05) is 20.2 Å². The Hall–Kier alpha value is -1.97. The summed E-state index contributed by atoms with van der Waals surface area (Å²) in [6, 6.07) is 6.12. The molecule has 1 aliphatic heterocycles. The number of hydrogen-bond donors (Lipinski definition) is 2. The molecule has 0 saturated carbocycles. The summed E-state index contributed by atoms with van der Waals surface area (Å²) in [5.41, 5.74) is 2.48. The van der Waals surface area contributed by atoms with Crippen LogP contribution in [-0.2, 0) is 6.42 Å². The first-order chi connectivity index (χ1) is 8.86. The number of aromatic amines is 1. The number of amidine groups is 1. The summed E-state index contributed by atoms with van der Waals surface area (Å²) in [4.78, 5) is 7.72. The van der Waals surface area contributed by atoms with Gasteiger partial charge in [0.15, 0.2) is 0 Å². The van der Waals surface area contributed by atoms with Crippen LogP contribution < -0.4 is 10.1 Å². The van der Waals surface area contributed by atoms with E-state index in [4.69, 9.17) is 4.74 Å². The predicted molar refractivity (Wildman–Crippen MR) is 73.5 cm³/mol. The lowest BCUT2D eigenvalue weighted by Crippen LogP contribution is -2.18. The monoisotopic (exact) mass is 243 g/mol. The number of methoxy groups -OCH3 is 1. The molecule has 4 heteroatoms. The molecule has 0 spiro atoms. The van der Waals surface area contributed by atoms with Crippen LogP contribution in [0.1, 0.15) is 12.0 Å². The van der Waals surface area contributed by atoms with E-state index in [9.17, 15) is 0 Å². The number of hydrogen-bond acceptors (Lipinski definition) is 3. The molecule has 2 N–H and O–H groups in total. The first-order valence-electron chi connectivity index (χ1n) is 6.28. The second-order valence-electron chi connectivity index (χ2n) is 4.48. The lowest BCUT2D eigenvalue weighted by atomic mass is 10.1. The van der Waals surface area contributed by atoms with Gasteiger partial charge in [-0.15, -0.1) is 0 Å². The summed E-state index contributed by atoms with van der Waals surface area (Å²) < 4.78 is 5.27. The fraction of sp³-hybridized carbons (Fsp3) is 0.357. The third-order valence-electron chi connectivity index (χ3n) is 3.35. The van der Waals surface area contributed by atoms with E-state index in [1.807, 2.05) is 6.07 Å². The van der Waals surface area contributed by atoms with E-state index in [0.29, 0.717) is 0 Å². The fourth-order valence-corrected chi connectivity index (χ4v) is 2.36. The molecule has 0 saturated heterocycles. The number of benzene rings is 1. The van der Waals surface area contributed by atoms with Crippen LogP contribution in [0, 0.1) is 0 Å². The standard InChI is InChI=1S/C14H17N3O/c1-18-11-3-4-13-12(8-11)10(9-17-13)2-5-14-15-6-7-16-14/h3-4,8-9,17H,2,5-7H2,1H3,(H,15,16). The Bertz CT molecular complexity index is 586. The lowest BCUT2D eigenvalue weighted by Gasteiger charge is -2.03. The molecule has 94 valence electrons. The average Bonchev–Trinajstić information content (AvgIpc) is 3.05. The second-order valence-corrected chi connectivity index (χ2v) is 4.48. The second kappa shape index (κ2) is 4.72. The molecule has 1 aromatic heterocycles. The third-order valence-corrected chi connectivity index (χ3v) is 3.35. The highest BCUT2D eigenvalue weighted by Gasteiger charge is 2.08. The van der Waals surface area contributed by atoms with E-state index >= 15 is 0 Å². The smallest absolute Gasteiger partial charge is 0.119 e. The van der Waals surface area contributed by atoms with Crippen LogP contribution in [0.5, 0.6) is 5.75 Å². The topological polar surface area (TPSA) is 49.4 Å². The molecule has 1 aromatic carbocycles. The molecular weight excluding hydrogens is 226 g/mol. The van der Waals surface area contributed by atoms with Gasteiger partial charge in [0.25, 0.3) is 0 Å². The Balaban J connectivity index is 1.82. The summed E-state index contributed by atoms with van der Waals surface area (Å²) in [7, 11) is 1.70. The van der Waals surface area contributed by atoms with Crippen LogP contribution >= 0.6 is 0 Å². The molecule has 18 heavy (non-hydrogen) atoms. The molecule has 3 rings (SSSR count). The highest BCUT2D eigenvalue weighted by Crippen LogP contribution is 2.24. The van der Waals surface area contributed by atoms with Gasteiger partial charge in [0.2, 0.25) is 0 Å². The molecule has 0 radical (unpaired) electrons. The minimum atomic E-state index is 0.902. The fourth-order valence-electron chi connectivity index (χ4n) is 2.36. The van der Waals surface area contributed by atoms with Crippen molar-refractivity contribution in [1.82, 2.24) is 10.3 Å². The zero-order chi connectivity index (χ0) is 12.4. The molecule has 0 bridgehead atoms. The van der Waals surface area contributed by atoms with Gasteiger partial charge in [0.05, 0.1) is 19.5 Å². The van der Waals surface area contributed by atoms with E-state index in [2.05, 4.69) is 33.6 Å². The molecule has 0 fully saturated rings. The number of aliphatic imine (C=N–C) groups is 1. The van der Waals surface area contributed by atoms with E-state index in [-0.39, 0.29) is 0 Å². The van der Waals surface area contributed by atoms with Gasteiger partial charge in [0.1, 0.15) is 5.75 Å². The van der Waals surface area contributed by atoms with Crippen molar-refractivity contribution < 1.29 is 4.74 Å². The van der Waals surface area contributed by atoms with Gasteiger partial charge in [-0.25, -0.2) is 0 Å². The van der Waals surface area contributed by atoms with Crippen molar-refractivity contribution in [2.24, 2.45) is 4.99 Å². The third kappa shape index (κ3) is 2.06. The van der Waals surface area contributed by atoms with Gasteiger partial charge in [0, 0.05) is 30.1 Å². The van der Waals surface area contributed by atoms with Crippen LogP contribution in [0.4, 0.5) is 0 Å². The highest BCUT2D eigenvalue weighted by atomic mass is 16.5. The largest absolute Gasteiger partial charge is 0.497 e. The molecule has 1 aliphatic rings. The van der Waals surface area contributed by atoms with Gasteiger partial charge < -0.3 is 15.0 Å². The van der Waals surface area contributed by atoms with Gasteiger partial charge in [-0.1, -0.05) is 0 Å². The van der Waals surface area contributed by atoms with Crippen molar-refractivity contribution in [3.63, 3.8) is 0 Å². The van der Waals surface area contributed by atoms with Gasteiger partial charge in [-0.05, 0) is 30.2 Å². The molecular formula is C14H17N3O. The van der Waals surface area contributed by atoms with Crippen molar-refractivity contribution >= 4 is 16.7 Å². The quantitative estimate of drug-likeness (QED) is 0.864. The molecule has 0 atom stereocenters. The van der Waals surface area contributed by atoms with Gasteiger partial charge in [-0.2, -0.15) is 0 Å². The predicted octanol–water partition coefficient (Wildman–Crippen LogP) is 2.11. The number of aryl methyl sites for hydroxylation is 1. The molecule has 2 heterocycles. The van der Waals surface area contributed by atoms with Crippen LogP contribution in [0.2, 0.25) is 0 Å². The molecule has 0 aliphatic carbocycles. The Labute approximate surface area is 106 Å². The number of fused-ring (bicyclic) bond motifs is 1. The van der Waals surface area contributed by atoms with Crippen LogP contribution in [0.25, 0.3) is 10.9 Å². The normalized spacial score (nSPS) is 14.6. The van der Waals surface area contributed by atoms with Crippen molar-refractivity contribution in [2.45, 2.75) is 12.8 Å². The Morgan fingerprint density at radius 2 is 2.28 bits per heavy atom. The zero-order valence-electron chi connectivity index (χ0n) is 10.5. The van der Waals surface area contributed by atoms with E-state index < -0.39 is 0 Å². The number of aromatic nitrogens is 1. The SMILES string of the molecule is COc1ccc2[nH]cc(CCC3=NCCN3)c2c1. The Morgan fingerprint density at radius 3 is 3.06 bits per heavy atom. The minimum Gasteiger partial charge on any atom is -0.497 e. The minimum absolute atomic E-state index is 0.902. The molecule has 0 unspecified atom stereocenters. The number of ether oxygens (including phenoxy) is 1. The van der Waals surface area contributed by atoms with Gasteiger partial charge >= 0.3 is 0 Å². The summed E-state index contributed by atoms with van der Waals surface area (Å²) >= 11 is 0. The lowest BCUT2D eigenvalue weighted by molar-refractivity contribution is 0.415. The average molecular weight is 243 g/mol. The first kappa shape index (κ1) is 11.1. The number of nitrogens with one attached hydrogen (secondary N) is 2. The van der Waals surface area contributed by atoms with Crippen molar-refractivity contribution in [3.8, 4) is 5.75 Å². The van der Waals surface area contributed by atoms with E-state index in [1.165, 1.54) is 10.9 Å². The summed E-state index contributed by atoms with van der Waals surface area (Å²) in [5.74, 6) is 2.03. The molecule has 2 aromatic rings.